The lowest BCUT2D eigenvalue weighted by molar-refractivity contribution is 0.415. The summed E-state index contributed by atoms with van der Waals surface area (Å²) < 4.78 is 9.98. The topological polar surface area (TPSA) is 39.4 Å². The van der Waals surface area contributed by atoms with Crippen molar-refractivity contribution in [1.82, 2.24) is 0 Å². The van der Waals surface area contributed by atoms with Crippen LogP contribution in [0.25, 0.3) is 11.0 Å². The van der Waals surface area contributed by atoms with Crippen molar-refractivity contribution in [2.24, 2.45) is 0 Å². The average molecular weight is 211 g/mol. The molecule has 0 atom stereocenters. The molecule has 0 amide bonds. The van der Waals surface area contributed by atoms with Crippen LogP contribution in [0.1, 0.15) is 0 Å². The fraction of sp³-hybridized carbons (Fsp3) is 0.100. The molecule has 0 radical (unpaired) electrons. The second-order valence-corrected chi connectivity index (χ2v) is 3.18. The van der Waals surface area contributed by atoms with Crippen molar-refractivity contribution < 1.29 is 9.15 Å². The standard InChI is InChI=1S/C10H7ClO3/c1-13-6-2-3-9-7(4-6)8(11)5-10(12)14-9/h2-5H,1H3. The van der Waals surface area contributed by atoms with Gasteiger partial charge in [-0.2, -0.15) is 0 Å². The van der Waals surface area contributed by atoms with Gasteiger partial charge in [-0.1, -0.05) is 11.6 Å². The summed E-state index contributed by atoms with van der Waals surface area (Å²) in [6.45, 7) is 0. The normalized spacial score (nSPS) is 10.4. The van der Waals surface area contributed by atoms with Gasteiger partial charge in [-0.05, 0) is 18.2 Å². The van der Waals surface area contributed by atoms with Gasteiger partial charge in [-0.15, -0.1) is 0 Å². The molecule has 0 aliphatic heterocycles. The summed E-state index contributed by atoms with van der Waals surface area (Å²) in [5.74, 6) is 0.674. The van der Waals surface area contributed by atoms with Crippen LogP contribution < -0.4 is 10.4 Å². The first-order valence-corrected chi connectivity index (χ1v) is 4.36. The van der Waals surface area contributed by atoms with Crippen molar-refractivity contribution in [2.75, 3.05) is 7.11 Å². The number of fused-ring (bicyclic) bond motifs is 1. The Bertz CT molecular complexity index is 530. The molecule has 0 saturated heterocycles. The van der Waals surface area contributed by atoms with Crippen LogP contribution in [0.15, 0.2) is 33.5 Å². The van der Waals surface area contributed by atoms with E-state index in [0.717, 1.165) is 0 Å². The molecule has 4 heteroatoms. The molecule has 14 heavy (non-hydrogen) atoms. The van der Waals surface area contributed by atoms with Gasteiger partial charge in [-0.3, -0.25) is 0 Å². The number of ether oxygens (including phenoxy) is 1. The first kappa shape index (κ1) is 9.09. The fourth-order valence-corrected chi connectivity index (χ4v) is 1.47. The van der Waals surface area contributed by atoms with Crippen molar-refractivity contribution in [3.8, 4) is 5.75 Å². The summed E-state index contributed by atoms with van der Waals surface area (Å²) >= 11 is 5.88. The number of hydrogen-bond donors (Lipinski definition) is 0. The maximum atomic E-state index is 11.0. The van der Waals surface area contributed by atoms with Gasteiger partial charge >= 0.3 is 5.63 Å². The van der Waals surface area contributed by atoms with Gasteiger partial charge in [0, 0.05) is 11.5 Å². The molecule has 0 bridgehead atoms. The average Bonchev–Trinajstić information content (AvgIpc) is 2.17. The molecule has 2 rings (SSSR count). The minimum atomic E-state index is -0.451. The Labute approximate surface area is 84.9 Å². The number of halogens is 1. The lowest BCUT2D eigenvalue weighted by Crippen LogP contribution is -1.95. The van der Waals surface area contributed by atoms with Crippen molar-refractivity contribution in [2.45, 2.75) is 0 Å². The van der Waals surface area contributed by atoms with Crippen LogP contribution in [0.5, 0.6) is 5.75 Å². The first-order valence-electron chi connectivity index (χ1n) is 3.98. The third kappa shape index (κ3) is 1.46. The minimum Gasteiger partial charge on any atom is -0.497 e. The van der Waals surface area contributed by atoms with E-state index in [1.165, 1.54) is 6.07 Å². The molecule has 0 unspecified atom stereocenters. The third-order valence-corrected chi connectivity index (χ3v) is 2.21. The predicted octanol–water partition coefficient (Wildman–Crippen LogP) is 2.46. The molecule has 1 aromatic heterocycles. The summed E-state index contributed by atoms with van der Waals surface area (Å²) in [4.78, 5) is 11.0. The Morgan fingerprint density at radius 2 is 2.14 bits per heavy atom. The smallest absolute Gasteiger partial charge is 0.337 e. The molecular weight excluding hydrogens is 204 g/mol. The predicted molar refractivity (Wildman–Crippen MR) is 54.0 cm³/mol. The van der Waals surface area contributed by atoms with E-state index in [0.29, 0.717) is 21.7 Å². The monoisotopic (exact) mass is 210 g/mol. The molecule has 0 fully saturated rings. The Morgan fingerprint density at radius 3 is 2.86 bits per heavy atom. The van der Waals surface area contributed by atoms with Gasteiger partial charge < -0.3 is 9.15 Å². The summed E-state index contributed by atoms with van der Waals surface area (Å²) in [5.41, 5.74) is 0.0102. The molecule has 0 spiro atoms. The van der Waals surface area contributed by atoms with Crippen LogP contribution >= 0.6 is 11.6 Å². The molecule has 0 aliphatic rings. The van der Waals surface area contributed by atoms with Gasteiger partial charge in [0.25, 0.3) is 0 Å². The van der Waals surface area contributed by atoms with Crippen molar-refractivity contribution in [3.05, 3.63) is 39.7 Å². The van der Waals surface area contributed by atoms with E-state index in [4.69, 9.17) is 20.8 Å². The molecule has 1 heterocycles. The molecule has 2 aromatic rings. The molecular formula is C10H7ClO3. The lowest BCUT2D eigenvalue weighted by Gasteiger charge is -2.01. The fourth-order valence-electron chi connectivity index (χ4n) is 1.23. The summed E-state index contributed by atoms with van der Waals surface area (Å²) in [7, 11) is 1.56. The van der Waals surface area contributed by atoms with Crippen molar-refractivity contribution in [3.63, 3.8) is 0 Å². The second kappa shape index (κ2) is 3.35. The van der Waals surface area contributed by atoms with Crippen LogP contribution in [0, 0.1) is 0 Å². The number of rotatable bonds is 1. The number of methoxy groups -OCH3 is 1. The van der Waals surface area contributed by atoms with Crippen LogP contribution in [0.3, 0.4) is 0 Å². The van der Waals surface area contributed by atoms with E-state index in [-0.39, 0.29) is 0 Å². The largest absolute Gasteiger partial charge is 0.497 e. The van der Waals surface area contributed by atoms with Crippen LogP contribution in [0.4, 0.5) is 0 Å². The Morgan fingerprint density at radius 1 is 1.36 bits per heavy atom. The highest BCUT2D eigenvalue weighted by Crippen LogP contribution is 2.25. The maximum absolute atomic E-state index is 11.0. The van der Waals surface area contributed by atoms with E-state index in [9.17, 15) is 4.79 Å². The summed E-state index contributed by atoms with van der Waals surface area (Å²) in [6.07, 6.45) is 0. The van der Waals surface area contributed by atoms with Crippen LogP contribution in [-0.4, -0.2) is 7.11 Å². The third-order valence-electron chi connectivity index (χ3n) is 1.90. The zero-order valence-corrected chi connectivity index (χ0v) is 8.17. The van der Waals surface area contributed by atoms with Crippen LogP contribution in [0.2, 0.25) is 5.02 Å². The Kier molecular flexibility index (Phi) is 2.17. The number of hydrogen-bond acceptors (Lipinski definition) is 3. The molecule has 72 valence electrons. The molecule has 0 saturated carbocycles. The number of benzene rings is 1. The molecule has 0 aliphatic carbocycles. The van der Waals surface area contributed by atoms with E-state index in [1.807, 2.05) is 0 Å². The highest BCUT2D eigenvalue weighted by atomic mass is 35.5. The van der Waals surface area contributed by atoms with Gasteiger partial charge in [0.05, 0.1) is 12.1 Å². The second-order valence-electron chi connectivity index (χ2n) is 2.78. The summed E-state index contributed by atoms with van der Waals surface area (Å²) in [5, 5.41) is 1.04. The molecule has 1 aromatic carbocycles. The molecule has 0 N–H and O–H groups in total. The minimum absolute atomic E-state index is 0.371. The highest BCUT2D eigenvalue weighted by molar-refractivity contribution is 6.35. The first-order chi connectivity index (χ1) is 6.70. The van der Waals surface area contributed by atoms with Gasteiger partial charge in [0.1, 0.15) is 11.3 Å². The molecule has 3 nitrogen and oxygen atoms in total. The van der Waals surface area contributed by atoms with E-state index in [2.05, 4.69) is 0 Å². The maximum Gasteiger partial charge on any atom is 0.337 e. The SMILES string of the molecule is COc1ccc2oc(=O)cc(Cl)c2c1. The van der Waals surface area contributed by atoms with E-state index in [1.54, 1.807) is 25.3 Å². The van der Waals surface area contributed by atoms with Gasteiger partial charge in [0.2, 0.25) is 0 Å². The van der Waals surface area contributed by atoms with E-state index < -0.39 is 5.63 Å². The van der Waals surface area contributed by atoms with Crippen molar-refractivity contribution >= 4 is 22.6 Å². The zero-order valence-electron chi connectivity index (χ0n) is 7.41. The van der Waals surface area contributed by atoms with Crippen LogP contribution in [-0.2, 0) is 0 Å². The highest BCUT2D eigenvalue weighted by Gasteiger charge is 2.04. The van der Waals surface area contributed by atoms with E-state index >= 15 is 0 Å². The van der Waals surface area contributed by atoms with Crippen molar-refractivity contribution in [1.29, 1.82) is 0 Å². The zero-order chi connectivity index (χ0) is 10.1. The quantitative estimate of drug-likeness (QED) is 0.679. The summed E-state index contributed by atoms with van der Waals surface area (Å²) in [6, 6.07) is 6.33. The lowest BCUT2D eigenvalue weighted by atomic mass is 10.2. The van der Waals surface area contributed by atoms with Gasteiger partial charge in [0.15, 0.2) is 0 Å². The Balaban J connectivity index is 2.82. The Hall–Kier alpha value is -1.48. The van der Waals surface area contributed by atoms with Gasteiger partial charge in [-0.25, -0.2) is 4.79 Å².